The highest BCUT2D eigenvalue weighted by Gasteiger charge is 2.53. The SMILES string of the molecule is B[C@]12CC[C@@]3(C)C[C@@H](O)CC3=C1CCC1C(C)=C(O)C=CC12. The summed E-state index contributed by atoms with van der Waals surface area (Å²) >= 11 is 0. The van der Waals surface area contributed by atoms with Crippen LogP contribution < -0.4 is 0 Å². The number of allylic oxidation sites excluding steroid dienone is 4. The van der Waals surface area contributed by atoms with E-state index >= 15 is 0 Å². The Morgan fingerprint density at radius 3 is 2.82 bits per heavy atom. The fourth-order valence-corrected chi connectivity index (χ4v) is 6.05. The van der Waals surface area contributed by atoms with Crippen LogP contribution in [0.15, 0.2) is 34.6 Å². The predicted octanol–water partition coefficient (Wildman–Crippen LogP) is 3.46. The molecule has 4 rings (SSSR count). The van der Waals surface area contributed by atoms with Crippen molar-refractivity contribution in [2.24, 2.45) is 17.3 Å². The minimum atomic E-state index is -0.139. The Morgan fingerprint density at radius 2 is 2.05 bits per heavy atom. The lowest BCUT2D eigenvalue weighted by Crippen LogP contribution is -2.41. The summed E-state index contributed by atoms with van der Waals surface area (Å²) in [5.74, 6) is 1.50. The highest BCUT2D eigenvalue weighted by Crippen LogP contribution is 2.66. The van der Waals surface area contributed by atoms with Crippen LogP contribution in [0.25, 0.3) is 0 Å². The van der Waals surface area contributed by atoms with E-state index in [1.165, 1.54) is 18.4 Å². The Kier molecular flexibility index (Phi) is 3.01. The largest absolute Gasteiger partial charge is 0.508 e. The van der Waals surface area contributed by atoms with E-state index in [0.717, 1.165) is 25.7 Å². The van der Waals surface area contributed by atoms with Crippen LogP contribution in [0.2, 0.25) is 5.31 Å². The summed E-state index contributed by atoms with van der Waals surface area (Å²) in [7, 11) is 2.44. The van der Waals surface area contributed by atoms with Crippen LogP contribution in [0.1, 0.15) is 52.4 Å². The third-order valence-corrected chi connectivity index (χ3v) is 7.40. The highest BCUT2D eigenvalue weighted by molar-refractivity contribution is 6.18. The third kappa shape index (κ3) is 1.78. The molecule has 0 spiro atoms. The minimum absolute atomic E-state index is 0.139. The van der Waals surface area contributed by atoms with Crippen molar-refractivity contribution < 1.29 is 10.2 Å². The zero-order chi connectivity index (χ0) is 15.7. The van der Waals surface area contributed by atoms with Crippen LogP contribution in [0, 0.1) is 17.3 Å². The number of aliphatic hydroxyl groups excluding tert-OH is 2. The van der Waals surface area contributed by atoms with E-state index in [1.807, 2.05) is 6.08 Å². The standard InChI is InChI=1S/C19H27BO2/c1-11-13-3-4-15-16-9-12(21)10-18(16,2)7-8-19(15,20)14(13)5-6-17(11)22/h5-6,12-14,21-22H,3-4,7-10,20H2,1-2H3/t12-,13?,14?,18-,19-/m0/s1. The summed E-state index contributed by atoms with van der Waals surface area (Å²) in [5.41, 5.74) is 4.65. The van der Waals surface area contributed by atoms with Gasteiger partial charge in [-0.05, 0) is 79.7 Å². The quantitative estimate of drug-likeness (QED) is 0.531. The van der Waals surface area contributed by atoms with E-state index in [4.69, 9.17) is 0 Å². The molecule has 0 aromatic carbocycles. The van der Waals surface area contributed by atoms with Crippen molar-refractivity contribution in [2.75, 3.05) is 0 Å². The normalized spacial score (nSPS) is 47.3. The average molecular weight is 298 g/mol. The average Bonchev–Trinajstić information content (AvgIpc) is 2.77. The summed E-state index contributed by atoms with van der Waals surface area (Å²) in [6.45, 7) is 4.47. The van der Waals surface area contributed by atoms with Gasteiger partial charge in [0.05, 0.1) is 6.10 Å². The molecule has 22 heavy (non-hydrogen) atoms. The number of aliphatic hydroxyl groups is 2. The maximum atomic E-state index is 10.2. The van der Waals surface area contributed by atoms with Crippen LogP contribution in [0.4, 0.5) is 0 Å². The molecule has 4 aliphatic rings. The van der Waals surface area contributed by atoms with E-state index in [1.54, 1.807) is 11.1 Å². The highest BCUT2D eigenvalue weighted by atomic mass is 16.3. The van der Waals surface area contributed by atoms with Gasteiger partial charge in [-0.2, -0.15) is 0 Å². The van der Waals surface area contributed by atoms with Gasteiger partial charge in [0, 0.05) is 0 Å². The molecule has 0 aromatic rings. The Bertz CT molecular complexity index is 617. The molecule has 0 saturated heterocycles. The molecule has 4 aliphatic carbocycles. The second-order valence-electron chi connectivity index (χ2n) is 8.60. The smallest absolute Gasteiger partial charge is 0.115 e. The van der Waals surface area contributed by atoms with E-state index in [2.05, 4.69) is 27.8 Å². The van der Waals surface area contributed by atoms with Crippen LogP contribution in [0.3, 0.4) is 0 Å². The molecule has 2 saturated carbocycles. The van der Waals surface area contributed by atoms with Crippen LogP contribution >= 0.6 is 0 Å². The van der Waals surface area contributed by atoms with Gasteiger partial charge in [-0.15, -0.1) is 0 Å². The lowest BCUT2D eigenvalue weighted by molar-refractivity contribution is 0.153. The fourth-order valence-electron chi connectivity index (χ4n) is 6.05. The zero-order valence-corrected chi connectivity index (χ0v) is 14.0. The van der Waals surface area contributed by atoms with Crippen LogP contribution in [0.5, 0.6) is 0 Å². The molecule has 2 N–H and O–H groups in total. The molecule has 0 bridgehead atoms. The summed E-state index contributed by atoms with van der Waals surface area (Å²) < 4.78 is 0. The molecule has 0 radical (unpaired) electrons. The molecule has 0 heterocycles. The van der Waals surface area contributed by atoms with Crippen molar-refractivity contribution in [1.29, 1.82) is 0 Å². The van der Waals surface area contributed by atoms with Crippen molar-refractivity contribution in [1.82, 2.24) is 0 Å². The Labute approximate surface area is 134 Å². The second-order valence-corrected chi connectivity index (χ2v) is 8.60. The molecule has 0 amide bonds. The Hall–Kier alpha value is -0.955. The van der Waals surface area contributed by atoms with Gasteiger partial charge < -0.3 is 10.2 Å². The van der Waals surface area contributed by atoms with Crippen LogP contribution in [-0.2, 0) is 0 Å². The summed E-state index contributed by atoms with van der Waals surface area (Å²) in [4.78, 5) is 0. The van der Waals surface area contributed by atoms with E-state index in [-0.39, 0.29) is 16.8 Å². The topological polar surface area (TPSA) is 40.5 Å². The summed E-state index contributed by atoms with van der Waals surface area (Å²) in [6.07, 6.45) is 10.6. The zero-order valence-electron chi connectivity index (χ0n) is 14.0. The van der Waals surface area contributed by atoms with Crippen molar-refractivity contribution in [3.05, 3.63) is 34.6 Å². The maximum absolute atomic E-state index is 10.2. The van der Waals surface area contributed by atoms with Gasteiger partial charge in [-0.1, -0.05) is 24.1 Å². The van der Waals surface area contributed by atoms with Crippen molar-refractivity contribution in [3.63, 3.8) is 0 Å². The molecule has 118 valence electrons. The van der Waals surface area contributed by atoms with Gasteiger partial charge in [0.1, 0.15) is 13.6 Å². The number of hydrogen-bond donors (Lipinski definition) is 2. The van der Waals surface area contributed by atoms with E-state index in [9.17, 15) is 10.2 Å². The van der Waals surface area contributed by atoms with Gasteiger partial charge in [0.2, 0.25) is 0 Å². The summed E-state index contributed by atoms with van der Waals surface area (Å²) in [6, 6.07) is 0. The van der Waals surface area contributed by atoms with Gasteiger partial charge in [0.15, 0.2) is 0 Å². The van der Waals surface area contributed by atoms with E-state index < -0.39 is 0 Å². The summed E-state index contributed by atoms with van der Waals surface area (Å²) in [5, 5.41) is 20.5. The van der Waals surface area contributed by atoms with Gasteiger partial charge in [-0.25, -0.2) is 0 Å². The lowest BCUT2D eigenvalue weighted by atomic mass is 9.42. The van der Waals surface area contributed by atoms with Gasteiger partial charge in [-0.3, -0.25) is 0 Å². The fraction of sp³-hybridized carbons (Fsp3) is 0.684. The Morgan fingerprint density at radius 1 is 1.27 bits per heavy atom. The predicted molar refractivity (Wildman–Crippen MR) is 91.5 cm³/mol. The van der Waals surface area contributed by atoms with Crippen molar-refractivity contribution >= 4 is 7.85 Å². The lowest BCUT2D eigenvalue weighted by Gasteiger charge is -2.54. The first-order valence-corrected chi connectivity index (χ1v) is 8.84. The van der Waals surface area contributed by atoms with Gasteiger partial charge in [0.25, 0.3) is 0 Å². The molecule has 5 atom stereocenters. The van der Waals surface area contributed by atoms with Crippen molar-refractivity contribution in [2.45, 2.75) is 63.8 Å². The molecule has 3 heteroatoms. The first-order chi connectivity index (χ1) is 10.3. The van der Waals surface area contributed by atoms with Crippen molar-refractivity contribution in [3.8, 4) is 0 Å². The molecule has 0 aromatic heterocycles. The minimum Gasteiger partial charge on any atom is -0.508 e. The Balaban J connectivity index is 1.80. The monoisotopic (exact) mass is 298 g/mol. The first kappa shape index (κ1) is 14.6. The van der Waals surface area contributed by atoms with Gasteiger partial charge >= 0.3 is 0 Å². The second kappa shape index (κ2) is 4.53. The molecule has 2 fully saturated rings. The molecular weight excluding hydrogens is 271 g/mol. The molecule has 2 nitrogen and oxygen atoms in total. The number of fused-ring (bicyclic) bond motifs is 4. The van der Waals surface area contributed by atoms with Crippen LogP contribution in [-0.4, -0.2) is 24.2 Å². The first-order valence-electron chi connectivity index (χ1n) is 8.84. The molecule has 2 unspecified atom stereocenters. The van der Waals surface area contributed by atoms with E-state index in [0.29, 0.717) is 17.6 Å². The number of rotatable bonds is 0. The molecular formula is C19H27BO2. The molecule has 0 aliphatic heterocycles. The maximum Gasteiger partial charge on any atom is 0.115 e. The third-order valence-electron chi connectivity index (χ3n) is 7.40. The number of hydrogen-bond acceptors (Lipinski definition) is 2.